The van der Waals surface area contributed by atoms with E-state index in [1.807, 2.05) is 24.0 Å². The Labute approximate surface area is 178 Å². The molecule has 0 spiro atoms. The number of anilines is 1. The number of fused-ring (bicyclic) bond motifs is 3. The third-order valence-electron chi connectivity index (χ3n) is 7.93. The normalized spacial score (nSPS) is 35.3. The Kier molecular flexibility index (Phi) is 4.57. The van der Waals surface area contributed by atoms with Gasteiger partial charge in [-0.15, -0.1) is 10.2 Å². The fourth-order valence-electron chi connectivity index (χ4n) is 6.59. The topological polar surface area (TPSA) is 68.1 Å². The van der Waals surface area contributed by atoms with Gasteiger partial charge in [-0.2, -0.15) is 5.10 Å². The molecule has 0 aromatic carbocycles. The van der Waals surface area contributed by atoms with Crippen LogP contribution in [-0.2, 0) is 11.8 Å². The van der Waals surface area contributed by atoms with Crippen molar-refractivity contribution in [1.29, 1.82) is 0 Å². The maximum absolute atomic E-state index is 6.06. The van der Waals surface area contributed by atoms with Gasteiger partial charge in [0.1, 0.15) is 11.5 Å². The van der Waals surface area contributed by atoms with Crippen LogP contribution in [0.1, 0.15) is 37.7 Å². The van der Waals surface area contributed by atoms with Crippen LogP contribution in [0.25, 0.3) is 11.4 Å². The number of ether oxygens (including phenoxy) is 1. The van der Waals surface area contributed by atoms with Crippen LogP contribution in [0.15, 0.2) is 18.3 Å². The third kappa shape index (κ3) is 3.32. The van der Waals surface area contributed by atoms with Gasteiger partial charge in [-0.25, -0.2) is 0 Å². The molecule has 2 bridgehead atoms. The van der Waals surface area contributed by atoms with E-state index in [0.29, 0.717) is 18.2 Å². The van der Waals surface area contributed by atoms with E-state index in [1.54, 1.807) is 0 Å². The smallest absolute Gasteiger partial charge is 0.148 e. The number of aryl methyl sites for hydroxylation is 2. The Morgan fingerprint density at radius 3 is 2.53 bits per heavy atom. The van der Waals surface area contributed by atoms with Gasteiger partial charge in [0.05, 0.1) is 24.1 Å². The molecule has 160 valence electrons. The average molecular weight is 409 g/mol. The minimum Gasteiger partial charge on any atom is -0.375 e. The van der Waals surface area contributed by atoms with Crippen LogP contribution in [0.4, 0.5) is 5.82 Å². The summed E-state index contributed by atoms with van der Waals surface area (Å²) in [7, 11) is 1.95. The summed E-state index contributed by atoms with van der Waals surface area (Å²) in [5.41, 5.74) is 3.03. The minimum atomic E-state index is 0.520. The Balaban J connectivity index is 1.03. The van der Waals surface area contributed by atoms with Gasteiger partial charge in [0.25, 0.3) is 0 Å². The zero-order valence-corrected chi connectivity index (χ0v) is 18.0. The van der Waals surface area contributed by atoms with E-state index in [4.69, 9.17) is 4.74 Å². The number of aromatic nitrogens is 4. The standard InChI is InChI=1S/C23H32N6O/c1-14-10-24-28(2)23(14)20-4-6-22(27-26-20)25-18-7-15-11-29(12-16(15)8-18)13-17-9-19-3-5-21(17)30-19/h4,6,10,15-19,21H,3,5,7-9,11-13H2,1-2H3,(H,25,27)/t15-,16?,17?,18?,19?,21?/m1/s1. The monoisotopic (exact) mass is 408 g/mol. The second-order valence-corrected chi connectivity index (χ2v) is 10.0. The highest BCUT2D eigenvalue weighted by molar-refractivity contribution is 5.59. The van der Waals surface area contributed by atoms with Crippen molar-refractivity contribution in [2.75, 3.05) is 25.0 Å². The van der Waals surface area contributed by atoms with Crippen molar-refractivity contribution < 1.29 is 4.74 Å². The number of hydrogen-bond acceptors (Lipinski definition) is 6. The molecule has 1 N–H and O–H groups in total. The molecular formula is C23H32N6O. The molecule has 5 unspecified atom stereocenters. The van der Waals surface area contributed by atoms with Gasteiger partial charge in [-0.05, 0) is 68.6 Å². The van der Waals surface area contributed by atoms with Gasteiger partial charge < -0.3 is 15.0 Å². The Hall–Kier alpha value is -1.99. The minimum absolute atomic E-state index is 0.520. The number of hydrogen-bond donors (Lipinski definition) is 1. The summed E-state index contributed by atoms with van der Waals surface area (Å²) in [5, 5.41) is 16.9. The molecule has 4 fully saturated rings. The summed E-state index contributed by atoms with van der Waals surface area (Å²) in [6.45, 7) is 5.84. The van der Waals surface area contributed by atoms with Gasteiger partial charge in [0.15, 0.2) is 0 Å². The maximum atomic E-state index is 6.06. The van der Waals surface area contributed by atoms with Crippen molar-refractivity contribution in [1.82, 2.24) is 24.9 Å². The summed E-state index contributed by atoms with van der Waals surface area (Å²) in [4.78, 5) is 2.73. The van der Waals surface area contributed by atoms with Gasteiger partial charge in [-0.3, -0.25) is 4.68 Å². The summed E-state index contributed by atoms with van der Waals surface area (Å²) < 4.78 is 7.92. The molecule has 6 rings (SSSR count). The van der Waals surface area contributed by atoms with Crippen molar-refractivity contribution >= 4 is 5.82 Å². The zero-order chi connectivity index (χ0) is 20.2. The van der Waals surface area contributed by atoms with Crippen molar-refractivity contribution in [3.8, 4) is 11.4 Å². The van der Waals surface area contributed by atoms with Crippen molar-refractivity contribution in [3.63, 3.8) is 0 Å². The summed E-state index contributed by atoms with van der Waals surface area (Å²) in [5.74, 6) is 3.32. The van der Waals surface area contributed by atoms with Crippen LogP contribution in [0.5, 0.6) is 0 Å². The number of nitrogens with zero attached hydrogens (tertiary/aromatic N) is 5. The van der Waals surface area contributed by atoms with Crippen LogP contribution in [0.3, 0.4) is 0 Å². The number of nitrogens with one attached hydrogen (secondary N) is 1. The van der Waals surface area contributed by atoms with Gasteiger partial charge >= 0.3 is 0 Å². The lowest BCUT2D eigenvalue weighted by molar-refractivity contribution is 0.0854. The first-order chi connectivity index (χ1) is 14.6. The molecule has 0 amide bonds. The fraction of sp³-hybridized carbons (Fsp3) is 0.696. The molecule has 3 saturated heterocycles. The van der Waals surface area contributed by atoms with Gasteiger partial charge in [0, 0.05) is 38.6 Å². The lowest BCUT2D eigenvalue weighted by Gasteiger charge is -2.26. The number of likely N-dealkylation sites (tertiary alicyclic amines) is 1. The molecule has 7 nitrogen and oxygen atoms in total. The van der Waals surface area contributed by atoms with E-state index in [0.717, 1.165) is 40.5 Å². The second-order valence-electron chi connectivity index (χ2n) is 10.0. The van der Waals surface area contributed by atoms with E-state index < -0.39 is 0 Å². The molecule has 2 aromatic rings. The molecule has 6 atom stereocenters. The van der Waals surface area contributed by atoms with E-state index in [-0.39, 0.29) is 0 Å². The van der Waals surface area contributed by atoms with E-state index in [1.165, 1.54) is 51.7 Å². The molecule has 7 heteroatoms. The first-order valence-corrected chi connectivity index (χ1v) is 11.6. The van der Waals surface area contributed by atoms with Crippen molar-refractivity contribution in [3.05, 3.63) is 23.9 Å². The van der Waals surface area contributed by atoms with Crippen LogP contribution < -0.4 is 5.32 Å². The lowest BCUT2D eigenvalue weighted by atomic mass is 9.89. The SMILES string of the molecule is Cc1cnn(C)c1-c1ccc(NC2CC3CN(CC4CC5CCC4O5)C[C@H]3C2)nn1. The van der Waals surface area contributed by atoms with E-state index >= 15 is 0 Å². The summed E-state index contributed by atoms with van der Waals surface area (Å²) in [6, 6.07) is 4.63. The summed E-state index contributed by atoms with van der Waals surface area (Å²) in [6.07, 6.45) is 9.39. The molecular weight excluding hydrogens is 376 g/mol. The van der Waals surface area contributed by atoms with Crippen LogP contribution >= 0.6 is 0 Å². The Morgan fingerprint density at radius 1 is 1.10 bits per heavy atom. The lowest BCUT2D eigenvalue weighted by Crippen LogP contribution is -2.33. The molecule has 4 aliphatic rings. The predicted octanol–water partition coefficient (Wildman–Crippen LogP) is 2.88. The molecule has 0 radical (unpaired) electrons. The summed E-state index contributed by atoms with van der Waals surface area (Å²) >= 11 is 0. The van der Waals surface area contributed by atoms with E-state index in [9.17, 15) is 0 Å². The van der Waals surface area contributed by atoms with Crippen LogP contribution in [0.2, 0.25) is 0 Å². The highest BCUT2D eigenvalue weighted by atomic mass is 16.5. The first-order valence-electron chi connectivity index (χ1n) is 11.6. The first kappa shape index (κ1) is 18.8. The Bertz CT molecular complexity index is 877. The quantitative estimate of drug-likeness (QED) is 0.821. The molecule has 5 heterocycles. The zero-order valence-electron chi connectivity index (χ0n) is 18.0. The molecule has 3 aliphatic heterocycles. The fourth-order valence-corrected chi connectivity index (χ4v) is 6.59. The van der Waals surface area contributed by atoms with E-state index in [2.05, 4.69) is 38.5 Å². The van der Waals surface area contributed by atoms with Crippen molar-refractivity contribution in [2.24, 2.45) is 24.8 Å². The molecule has 1 aliphatic carbocycles. The number of rotatable bonds is 5. The highest BCUT2D eigenvalue weighted by Crippen LogP contribution is 2.43. The Morgan fingerprint density at radius 2 is 1.93 bits per heavy atom. The molecule has 2 aromatic heterocycles. The van der Waals surface area contributed by atoms with Crippen molar-refractivity contribution in [2.45, 2.75) is 57.3 Å². The van der Waals surface area contributed by atoms with Crippen LogP contribution in [0, 0.1) is 24.7 Å². The maximum Gasteiger partial charge on any atom is 0.148 e. The highest BCUT2D eigenvalue weighted by Gasteiger charge is 2.45. The second kappa shape index (κ2) is 7.31. The third-order valence-corrected chi connectivity index (χ3v) is 7.93. The average Bonchev–Trinajstić information content (AvgIpc) is 3.52. The molecule has 30 heavy (non-hydrogen) atoms. The molecule has 1 saturated carbocycles. The van der Waals surface area contributed by atoms with Crippen LogP contribution in [-0.4, -0.2) is 62.8 Å². The predicted molar refractivity (Wildman–Crippen MR) is 115 cm³/mol. The van der Waals surface area contributed by atoms with Gasteiger partial charge in [-0.1, -0.05) is 0 Å². The van der Waals surface area contributed by atoms with Gasteiger partial charge in [0.2, 0.25) is 0 Å². The largest absolute Gasteiger partial charge is 0.375 e.